The number of amides is 1. The number of carbonyl (C=O) groups is 1. The van der Waals surface area contributed by atoms with Gasteiger partial charge in [0, 0.05) is 4.88 Å². The zero-order valence-electron chi connectivity index (χ0n) is 13.4. The van der Waals surface area contributed by atoms with E-state index in [0.29, 0.717) is 18.0 Å². The van der Waals surface area contributed by atoms with Gasteiger partial charge in [0.25, 0.3) is 5.91 Å². The first kappa shape index (κ1) is 14.6. The highest BCUT2D eigenvalue weighted by Gasteiger charge is 2.22. The number of hydrogen-bond donors (Lipinski definition) is 1. The largest absolute Gasteiger partial charge is 0.467 e. The molecule has 1 aliphatic rings. The zero-order chi connectivity index (χ0) is 16.8. The van der Waals surface area contributed by atoms with Gasteiger partial charge in [0.2, 0.25) is 5.82 Å². The fraction of sp³-hybridized carbons (Fsp3) is 0.294. The van der Waals surface area contributed by atoms with E-state index in [0.717, 1.165) is 23.1 Å². The van der Waals surface area contributed by atoms with Crippen molar-refractivity contribution < 1.29 is 9.21 Å². The molecule has 7 nitrogen and oxygen atoms in total. The molecule has 126 valence electrons. The van der Waals surface area contributed by atoms with Crippen molar-refractivity contribution in [3.63, 3.8) is 0 Å². The number of aryl methyl sites for hydroxylation is 2. The van der Waals surface area contributed by atoms with Gasteiger partial charge >= 0.3 is 0 Å². The topological polar surface area (TPSA) is 85.3 Å². The molecule has 8 heteroatoms. The smallest absolute Gasteiger partial charge is 0.291 e. The van der Waals surface area contributed by atoms with Crippen LogP contribution in [-0.4, -0.2) is 25.5 Å². The summed E-state index contributed by atoms with van der Waals surface area (Å²) in [6.45, 7) is 0.308. The number of aromatic nitrogens is 4. The van der Waals surface area contributed by atoms with Gasteiger partial charge in [-0.25, -0.2) is 14.5 Å². The predicted octanol–water partition coefficient (Wildman–Crippen LogP) is 2.74. The minimum atomic E-state index is -0.322. The molecule has 4 heterocycles. The molecule has 0 aromatic carbocycles. The van der Waals surface area contributed by atoms with Crippen LogP contribution >= 0.6 is 11.3 Å². The molecule has 0 aliphatic heterocycles. The van der Waals surface area contributed by atoms with Crippen molar-refractivity contribution in [3.05, 3.63) is 46.7 Å². The lowest BCUT2D eigenvalue weighted by atomic mass is 9.97. The molecule has 0 atom stereocenters. The summed E-state index contributed by atoms with van der Waals surface area (Å²) >= 11 is 1.74. The zero-order valence-corrected chi connectivity index (χ0v) is 14.2. The van der Waals surface area contributed by atoms with Gasteiger partial charge in [0.05, 0.1) is 18.2 Å². The van der Waals surface area contributed by atoms with E-state index >= 15 is 0 Å². The Labute approximate surface area is 146 Å². The van der Waals surface area contributed by atoms with E-state index in [1.54, 1.807) is 34.5 Å². The number of thiophene rings is 1. The van der Waals surface area contributed by atoms with Crippen LogP contribution in [-0.2, 0) is 19.4 Å². The Kier molecular flexibility index (Phi) is 3.30. The van der Waals surface area contributed by atoms with Crippen LogP contribution in [0, 0.1) is 0 Å². The summed E-state index contributed by atoms with van der Waals surface area (Å²) in [7, 11) is 0. The summed E-state index contributed by atoms with van der Waals surface area (Å²) < 4.78 is 6.82. The Balaban J connectivity index is 1.53. The van der Waals surface area contributed by atoms with Crippen LogP contribution in [0.5, 0.6) is 0 Å². The van der Waals surface area contributed by atoms with Crippen LogP contribution in [0.25, 0.3) is 15.9 Å². The fourth-order valence-electron chi connectivity index (χ4n) is 3.31. The van der Waals surface area contributed by atoms with Crippen molar-refractivity contribution in [2.45, 2.75) is 32.2 Å². The molecule has 0 saturated heterocycles. The normalized spacial score (nSPS) is 14.1. The molecule has 0 bridgehead atoms. The monoisotopic (exact) mass is 353 g/mol. The second-order valence-electron chi connectivity index (χ2n) is 6.10. The number of nitrogens with one attached hydrogen (secondary N) is 1. The van der Waals surface area contributed by atoms with Gasteiger partial charge in [-0.3, -0.25) is 4.79 Å². The minimum absolute atomic E-state index is 0.150. The second kappa shape index (κ2) is 5.66. The number of nitrogens with zero attached hydrogens (tertiary/aromatic N) is 4. The first-order valence-corrected chi connectivity index (χ1v) is 9.07. The van der Waals surface area contributed by atoms with Gasteiger partial charge < -0.3 is 9.73 Å². The van der Waals surface area contributed by atoms with Gasteiger partial charge in [0.15, 0.2) is 5.65 Å². The fourth-order valence-corrected chi connectivity index (χ4v) is 4.53. The molecule has 25 heavy (non-hydrogen) atoms. The SMILES string of the molecule is O=C(NCc1ccco1)c1nc2c3c4c(sc3ncn2n1)CCCC4. The van der Waals surface area contributed by atoms with Gasteiger partial charge in [-0.2, -0.15) is 0 Å². The summed E-state index contributed by atoms with van der Waals surface area (Å²) in [5, 5.41) is 8.13. The lowest BCUT2D eigenvalue weighted by Crippen LogP contribution is -2.23. The highest BCUT2D eigenvalue weighted by Crippen LogP contribution is 2.36. The van der Waals surface area contributed by atoms with Gasteiger partial charge in [-0.1, -0.05) is 0 Å². The molecule has 1 N–H and O–H groups in total. The van der Waals surface area contributed by atoms with Crippen molar-refractivity contribution in [2.24, 2.45) is 0 Å². The van der Waals surface area contributed by atoms with Crippen LogP contribution in [0.1, 0.15) is 39.7 Å². The minimum Gasteiger partial charge on any atom is -0.467 e. The van der Waals surface area contributed by atoms with Crippen molar-refractivity contribution in [1.29, 1.82) is 0 Å². The molecule has 0 fully saturated rings. The molecular formula is C17H15N5O2S. The van der Waals surface area contributed by atoms with Crippen molar-refractivity contribution >= 4 is 33.1 Å². The standard InChI is InChI=1S/C17H15N5O2S/c23-16(18-8-10-4-3-7-24-10)14-20-15-13-11-5-1-2-6-12(11)25-17(13)19-9-22(15)21-14/h3-4,7,9H,1-2,5-6,8H2,(H,18,23). The van der Waals surface area contributed by atoms with Gasteiger partial charge in [0.1, 0.15) is 16.9 Å². The first-order valence-electron chi connectivity index (χ1n) is 8.26. The third-order valence-corrected chi connectivity index (χ3v) is 5.70. The predicted molar refractivity (Wildman–Crippen MR) is 92.7 cm³/mol. The maximum absolute atomic E-state index is 12.4. The van der Waals surface area contributed by atoms with E-state index < -0.39 is 0 Å². The summed E-state index contributed by atoms with van der Waals surface area (Å²) in [6, 6.07) is 3.59. The van der Waals surface area contributed by atoms with Crippen LogP contribution in [0.2, 0.25) is 0 Å². The Morgan fingerprint density at radius 1 is 1.36 bits per heavy atom. The molecular weight excluding hydrogens is 338 g/mol. The molecule has 0 unspecified atom stereocenters. The Morgan fingerprint density at radius 3 is 3.16 bits per heavy atom. The van der Waals surface area contributed by atoms with E-state index in [4.69, 9.17) is 4.42 Å². The van der Waals surface area contributed by atoms with E-state index in [1.165, 1.54) is 23.3 Å². The summed E-state index contributed by atoms with van der Waals surface area (Å²) in [6.07, 6.45) is 7.77. The quantitative estimate of drug-likeness (QED) is 0.612. The molecule has 4 aromatic heterocycles. The molecule has 5 rings (SSSR count). The molecule has 0 spiro atoms. The highest BCUT2D eigenvalue weighted by molar-refractivity contribution is 7.19. The van der Waals surface area contributed by atoms with Crippen molar-refractivity contribution in [1.82, 2.24) is 24.9 Å². The lowest BCUT2D eigenvalue weighted by Gasteiger charge is -2.09. The Hall–Kier alpha value is -2.74. The third-order valence-electron chi connectivity index (χ3n) is 4.50. The van der Waals surface area contributed by atoms with E-state index in [-0.39, 0.29) is 11.7 Å². The van der Waals surface area contributed by atoms with Gasteiger partial charge in [-0.15, -0.1) is 16.4 Å². The molecule has 1 aliphatic carbocycles. The number of carbonyl (C=O) groups excluding carboxylic acids is 1. The second-order valence-corrected chi connectivity index (χ2v) is 7.18. The molecule has 0 saturated carbocycles. The maximum Gasteiger partial charge on any atom is 0.291 e. The third kappa shape index (κ3) is 2.41. The van der Waals surface area contributed by atoms with E-state index in [9.17, 15) is 4.79 Å². The number of hydrogen-bond acceptors (Lipinski definition) is 6. The van der Waals surface area contributed by atoms with Crippen LogP contribution in [0.3, 0.4) is 0 Å². The van der Waals surface area contributed by atoms with Crippen molar-refractivity contribution in [2.75, 3.05) is 0 Å². The Bertz CT molecular complexity index is 1080. The van der Waals surface area contributed by atoms with Gasteiger partial charge in [-0.05, 0) is 43.4 Å². The number of furan rings is 1. The molecule has 4 aromatic rings. The van der Waals surface area contributed by atoms with E-state index in [1.807, 2.05) is 6.07 Å². The molecule has 1 amide bonds. The average molecular weight is 353 g/mol. The van der Waals surface area contributed by atoms with Crippen LogP contribution in [0.4, 0.5) is 0 Å². The summed E-state index contributed by atoms with van der Waals surface area (Å²) in [5.41, 5.74) is 2.05. The number of rotatable bonds is 3. The van der Waals surface area contributed by atoms with Crippen LogP contribution in [0.15, 0.2) is 29.1 Å². The average Bonchev–Trinajstić information content (AvgIpc) is 3.35. The lowest BCUT2D eigenvalue weighted by molar-refractivity contribution is 0.0938. The van der Waals surface area contributed by atoms with Crippen molar-refractivity contribution in [3.8, 4) is 0 Å². The van der Waals surface area contributed by atoms with Crippen LogP contribution < -0.4 is 5.32 Å². The highest BCUT2D eigenvalue weighted by atomic mass is 32.1. The molecule has 0 radical (unpaired) electrons. The summed E-state index contributed by atoms with van der Waals surface area (Å²) in [5.74, 6) is 0.516. The summed E-state index contributed by atoms with van der Waals surface area (Å²) in [4.78, 5) is 23.7. The Morgan fingerprint density at radius 2 is 2.28 bits per heavy atom. The number of fused-ring (bicyclic) bond motifs is 5. The van der Waals surface area contributed by atoms with E-state index in [2.05, 4.69) is 20.4 Å². The maximum atomic E-state index is 12.4. The first-order chi connectivity index (χ1) is 12.3.